The van der Waals surface area contributed by atoms with Gasteiger partial charge in [0.1, 0.15) is 5.75 Å². The van der Waals surface area contributed by atoms with Gasteiger partial charge in [-0.05, 0) is 30.5 Å². The topological polar surface area (TPSA) is 48.1 Å². The fraction of sp³-hybridized carbons (Fsp3) is 0.312. The number of ether oxygens (including phenoxy) is 1. The van der Waals surface area contributed by atoms with Crippen molar-refractivity contribution in [3.63, 3.8) is 0 Å². The van der Waals surface area contributed by atoms with Crippen LogP contribution in [-0.4, -0.2) is 4.98 Å². The van der Waals surface area contributed by atoms with Crippen molar-refractivity contribution in [3.8, 4) is 11.6 Å². The highest BCUT2D eigenvalue weighted by Gasteiger charge is 2.11. The average Bonchev–Trinajstić information content (AvgIpc) is 2.39. The van der Waals surface area contributed by atoms with Gasteiger partial charge in [0.15, 0.2) is 0 Å². The molecule has 100 valence electrons. The van der Waals surface area contributed by atoms with E-state index in [4.69, 9.17) is 10.5 Å². The second-order valence-electron chi connectivity index (χ2n) is 4.92. The summed E-state index contributed by atoms with van der Waals surface area (Å²) in [4.78, 5) is 4.44. The molecule has 0 amide bonds. The van der Waals surface area contributed by atoms with E-state index in [2.05, 4.69) is 24.9 Å². The summed E-state index contributed by atoms with van der Waals surface area (Å²) in [6.07, 6.45) is 0. The highest BCUT2D eigenvalue weighted by molar-refractivity contribution is 5.40. The van der Waals surface area contributed by atoms with Crippen LogP contribution in [0.3, 0.4) is 0 Å². The molecule has 3 heteroatoms. The molecule has 0 unspecified atom stereocenters. The Hall–Kier alpha value is -1.87. The van der Waals surface area contributed by atoms with Crippen LogP contribution in [0.4, 0.5) is 0 Å². The molecule has 2 rings (SSSR count). The Morgan fingerprint density at radius 3 is 2.58 bits per heavy atom. The van der Waals surface area contributed by atoms with Crippen LogP contribution in [0.25, 0.3) is 0 Å². The van der Waals surface area contributed by atoms with Crippen molar-refractivity contribution < 1.29 is 4.74 Å². The Labute approximate surface area is 114 Å². The van der Waals surface area contributed by atoms with Crippen LogP contribution < -0.4 is 10.5 Å². The number of nitrogens with zero attached hydrogens (tertiary/aromatic N) is 1. The van der Waals surface area contributed by atoms with Gasteiger partial charge in [0.05, 0.1) is 0 Å². The van der Waals surface area contributed by atoms with Crippen LogP contribution >= 0.6 is 0 Å². The lowest BCUT2D eigenvalue weighted by Crippen LogP contribution is -2.03. The maximum atomic E-state index is 5.98. The van der Waals surface area contributed by atoms with Crippen LogP contribution in [0, 0.1) is 6.92 Å². The minimum atomic E-state index is 0.405. The fourth-order valence-electron chi connectivity index (χ4n) is 1.96. The van der Waals surface area contributed by atoms with Gasteiger partial charge >= 0.3 is 0 Å². The van der Waals surface area contributed by atoms with E-state index in [1.54, 1.807) is 0 Å². The summed E-state index contributed by atoms with van der Waals surface area (Å²) in [6.45, 7) is 6.67. The summed E-state index contributed by atoms with van der Waals surface area (Å²) in [5.74, 6) is 1.86. The molecule has 1 heterocycles. The number of hydrogen-bond donors (Lipinski definition) is 1. The van der Waals surface area contributed by atoms with Crippen molar-refractivity contribution in [1.82, 2.24) is 4.98 Å². The molecule has 0 saturated heterocycles. The third kappa shape index (κ3) is 3.12. The van der Waals surface area contributed by atoms with E-state index in [0.29, 0.717) is 18.3 Å². The van der Waals surface area contributed by atoms with Gasteiger partial charge in [-0.15, -0.1) is 0 Å². The van der Waals surface area contributed by atoms with Crippen molar-refractivity contribution in [2.75, 3.05) is 0 Å². The lowest BCUT2D eigenvalue weighted by molar-refractivity contribution is 0.447. The highest BCUT2D eigenvalue weighted by Crippen LogP contribution is 2.30. The van der Waals surface area contributed by atoms with Gasteiger partial charge in [-0.1, -0.05) is 38.1 Å². The van der Waals surface area contributed by atoms with E-state index in [1.165, 1.54) is 5.56 Å². The molecule has 2 N–H and O–H groups in total. The zero-order valence-corrected chi connectivity index (χ0v) is 11.7. The van der Waals surface area contributed by atoms with Crippen LogP contribution in [0.15, 0.2) is 36.4 Å². The lowest BCUT2D eigenvalue weighted by atomic mass is 10.0. The molecule has 0 saturated carbocycles. The predicted molar refractivity (Wildman–Crippen MR) is 77.5 cm³/mol. The second-order valence-corrected chi connectivity index (χ2v) is 4.92. The van der Waals surface area contributed by atoms with Crippen LogP contribution in [0.5, 0.6) is 11.6 Å². The van der Waals surface area contributed by atoms with Crippen molar-refractivity contribution >= 4 is 0 Å². The quantitative estimate of drug-likeness (QED) is 0.906. The molecule has 0 spiro atoms. The Bertz CT molecular complexity index is 564. The predicted octanol–water partition coefficient (Wildman–Crippen LogP) is 3.76. The van der Waals surface area contributed by atoms with E-state index in [0.717, 1.165) is 17.0 Å². The average molecular weight is 256 g/mol. The molecular weight excluding hydrogens is 236 g/mol. The minimum Gasteiger partial charge on any atom is -0.438 e. The summed E-state index contributed by atoms with van der Waals surface area (Å²) in [5.41, 5.74) is 8.75. The van der Waals surface area contributed by atoms with Gasteiger partial charge in [-0.2, -0.15) is 0 Å². The van der Waals surface area contributed by atoms with Gasteiger partial charge in [0, 0.05) is 17.8 Å². The first kappa shape index (κ1) is 13.6. The molecule has 0 bridgehead atoms. The summed E-state index contributed by atoms with van der Waals surface area (Å²) < 4.78 is 5.98. The lowest BCUT2D eigenvalue weighted by Gasteiger charge is -2.15. The van der Waals surface area contributed by atoms with E-state index < -0.39 is 0 Å². The number of hydrogen-bond acceptors (Lipinski definition) is 3. The van der Waals surface area contributed by atoms with E-state index in [1.807, 2.05) is 37.3 Å². The van der Waals surface area contributed by atoms with Gasteiger partial charge in [-0.25, -0.2) is 4.98 Å². The van der Waals surface area contributed by atoms with E-state index >= 15 is 0 Å². The second kappa shape index (κ2) is 5.85. The maximum absolute atomic E-state index is 5.98. The Morgan fingerprint density at radius 2 is 1.89 bits per heavy atom. The minimum absolute atomic E-state index is 0.405. The van der Waals surface area contributed by atoms with Crippen LogP contribution in [0.2, 0.25) is 0 Å². The number of para-hydroxylation sites is 1. The summed E-state index contributed by atoms with van der Waals surface area (Å²) in [6, 6.07) is 12.0. The zero-order valence-electron chi connectivity index (χ0n) is 11.7. The molecule has 0 radical (unpaired) electrons. The van der Waals surface area contributed by atoms with E-state index in [9.17, 15) is 0 Å². The monoisotopic (exact) mass is 256 g/mol. The smallest absolute Gasteiger partial charge is 0.223 e. The summed E-state index contributed by atoms with van der Waals surface area (Å²) >= 11 is 0. The zero-order chi connectivity index (χ0) is 13.8. The Morgan fingerprint density at radius 1 is 1.16 bits per heavy atom. The molecule has 1 aromatic carbocycles. The Kier molecular flexibility index (Phi) is 4.17. The van der Waals surface area contributed by atoms with E-state index in [-0.39, 0.29) is 0 Å². The van der Waals surface area contributed by atoms with Gasteiger partial charge in [-0.3, -0.25) is 0 Å². The first-order valence-electron chi connectivity index (χ1n) is 6.55. The number of pyridine rings is 1. The van der Waals surface area contributed by atoms with Crippen LogP contribution in [0.1, 0.15) is 36.6 Å². The fourth-order valence-corrected chi connectivity index (χ4v) is 1.96. The van der Waals surface area contributed by atoms with Crippen molar-refractivity contribution in [3.05, 3.63) is 53.2 Å². The molecule has 0 fully saturated rings. The largest absolute Gasteiger partial charge is 0.438 e. The third-order valence-electron chi connectivity index (χ3n) is 3.05. The first-order chi connectivity index (χ1) is 9.11. The summed E-state index contributed by atoms with van der Waals surface area (Å²) in [5, 5.41) is 0. The highest BCUT2D eigenvalue weighted by atomic mass is 16.5. The van der Waals surface area contributed by atoms with Crippen molar-refractivity contribution in [2.24, 2.45) is 5.73 Å². The van der Waals surface area contributed by atoms with Gasteiger partial charge in [0.2, 0.25) is 5.88 Å². The molecule has 19 heavy (non-hydrogen) atoms. The molecule has 2 aromatic rings. The molecule has 0 aliphatic carbocycles. The first-order valence-corrected chi connectivity index (χ1v) is 6.55. The molecule has 1 aromatic heterocycles. The van der Waals surface area contributed by atoms with Gasteiger partial charge in [0.25, 0.3) is 0 Å². The SMILES string of the molecule is Cc1ccc(CN)c(Oc2ccccc2C(C)C)n1. The molecule has 0 aliphatic rings. The number of rotatable bonds is 4. The maximum Gasteiger partial charge on any atom is 0.223 e. The molecule has 0 atom stereocenters. The number of benzene rings is 1. The standard InChI is InChI=1S/C16H20N2O/c1-11(2)14-6-4-5-7-15(14)19-16-13(10-17)9-8-12(3)18-16/h4-9,11H,10,17H2,1-3H3. The normalized spacial score (nSPS) is 10.8. The number of aryl methyl sites for hydroxylation is 1. The van der Waals surface area contributed by atoms with Gasteiger partial charge < -0.3 is 10.5 Å². The van der Waals surface area contributed by atoms with Crippen molar-refractivity contribution in [2.45, 2.75) is 33.2 Å². The molecule has 3 nitrogen and oxygen atoms in total. The molecule has 0 aliphatic heterocycles. The third-order valence-corrected chi connectivity index (χ3v) is 3.05. The number of nitrogens with two attached hydrogens (primary N) is 1. The Balaban J connectivity index is 2.38. The summed E-state index contributed by atoms with van der Waals surface area (Å²) in [7, 11) is 0. The number of aromatic nitrogens is 1. The van der Waals surface area contributed by atoms with Crippen molar-refractivity contribution in [1.29, 1.82) is 0 Å². The van der Waals surface area contributed by atoms with Crippen LogP contribution in [-0.2, 0) is 6.54 Å². The molecular formula is C16H20N2O.